The molecule has 3 aromatic rings. The highest BCUT2D eigenvalue weighted by molar-refractivity contribution is 5.44. The third kappa shape index (κ3) is 4.60. The van der Waals surface area contributed by atoms with Gasteiger partial charge in [0.05, 0.1) is 0 Å². The average molecular weight is 361 g/mol. The Morgan fingerprint density at radius 2 is 1.59 bits per heavy atom. The first-order valence-electron chi connectivity index (χ1n) is 9.13. The van der Waals surface area contributed by atoms with Crippen LogP contribution in [0.3, 0.4) is 0 Å². The van der Waals surface area contributed by atoms with E-state index >= 15 is 0 Å². The van der Waals surface area contributed by atoms with Crippen molar-refractivity contribution in [2.24, 2.45) is 0 Å². The molecule has 0 aromatic heterocycles. The zero-order chi connectivity index (χ0) is 18.5. The van der Waals surface area contributed by atoms with Crippen LogP contribution in [-0.4, -0.2) is 6.79 Å². The van der Waals surface area contributed by atoms with Gasteiger partial charge in [-0.15, -0.1) is 0 Å². The van der Waals surface area contributed by atoms with Crippen LogP contribution in [0.2, 0.25) is 0 Å². The summed E-state index contributed by atoms with van der Waals surface area (Å²) in [5.74, 6) is 2.52. The molecule has 0 amide bonds. The molecule has 0 aliphatic carbocycles. The first kappa shape index (κ1) is 17.4. The van der Waals surface area contributed by atoms with Crippen LogP contribution in [0.4, 0.5) is 0 Å². The van der Waals surface area contributed by atoms with E-state index in [4.69, 9.17) is 14.2 Å². The normalized spacial score (nSPS) is 12.2. The van der Waals surface area contributed by atoms with Crippen LogP contribution >= 0.6 is 0 Å². The summed E-state index contributed by atoms with van der Waals surface area (Å²) in [4.78, 5) is 0. The lowest BCUT2D eigenvalue weighted by Gasteiger charge is -2.10. The molecule has 0 fully saturated rings. The number of ether oxygens (including phenoxy) is 3. The van der Waals surface area contributed by atoms with Gasteiger partial charge in [0, 0.05) is 13.1 Å². The van der Waals surface area contributed by atoms with Crippen molar-refractivity contribution in [1.82, 2.24) is 5.32 Å². The Bertz CT molecular complexity index is 923. The van der Waals surface area contributed by atoms with E-state index in [0.29, 0.717) is 13.4 Å². The van der Waals surface area contributed by atoms with Gasteiger partial charge in [-0.2, -0.15) is 0 Å². The smallest absolute Gasteiger partial charge is 0.231 e. The van der Waals surface area contributed by atoms with Gasteiger partial charge in [0.1, 0.15) is 12.4 Å². The highest BCUT2D eigenvalue weighted by atomic mass is 16.7. The molecule has 0 bridgehead atoms. The van der Waals surface area contributed by atoms with Gasteiger partial charge in [0.15, 0.2) is 11.5 Å². The maximum absolute atomic E-state index is 5.94. The predicted octanol–water partition coefficient (Wildman–Crippen LogP) is 4.59. The lowest BCUT2D eigenvalue weighted by atomic mass is 10.1. The van der Waals surface area contributed by atoms with Crippen LogP contribution in [0, 0.1) is 6.92 Å². The van der Waals surface area contributed by atoms with Gasteiger partial charge >= 0.3 is 0 Å². The molecular weight excluding hydrogens is 338 g/mol. The topological polar surface area (TPSA) is 39.7 Å². The number of fused-ring (bicyclic) bond motifs is 1. The summed E-state index contributed by atoms with van der Waals surface area (Å²) in [7, 11) is 0. The monoisotopic (exact) mass is 361 g/mol. The number of benzene rings is 3. The quantitative estimate of drug-likeness (QED) is 0.668. The van der Waals surface area contributed by atoms with Gasteiger partial charge < -0.3 is 19.5 Å². The molecule has 27 heavy (non-hydrogen) atoms. The van der Waals surface area contributed by atoms with E-state index in [-0.39, 0.29) is 0 Å². The van der Waals surface area contributed by atoms with Crippen molar-refractivity contribution < 1.29 is 14.2 Å². The van der Waals surface area contributed by atoms with Crippen molar-refractivity contribution in [2.45, 2.75) is 26.6 Å². The molecular formula is C23H23NO3. The standard InChI is InChI=1S/C23H23NO3/c1-17-4-2-6-20(10-17)15-25-21-7-3-5-18(11-21)13-24-14-19-8-9-22-23(12-19)27-16-26-22/h2-12,24H,13-16H2,1H3. The van der Waals surface area contributed by atoms with Gasteiger partial charge in [-0.05, 0) is 47.9 Å². The third-order valence-electron chi connectivity index (χ3n) is 4.48. The van der Waals surface area contributed by atoms with Crippen molar-refractivity contribution in [1.29, 1.82) is 0 Å². The van der Waals surface area contributed by atoms with Gasteiger partial charge in [-0.1, -0.05) is 48.0 Å². The fourth-order valence-corrected chi connectivity index (χ4v) is 3.12. The molecule has 0 spiro atoms. The molecule has 0 atom stereocenters. The second-order valence-corrected chi connectivity index (χ2v) is 6.72. The molecule has 1 aliphatic rings. The minimum atomic E-state index is 0.307. The van der Waals surface area contributed by atoms with Crippen molar-refractivity contribution in [3.05, 3.63) is 89.0 Å². The van der Waals surface area contributed by atoms with Gasteiger partial charge in [-0.25, -0.2) is 0 Å². The minimum absolute atomic E-state index is 0.307. The zero-order valence-electron chi connectivity index (χ0n) is 15.4. The molecule has 4 nitrogen and oxygen atoms in total. The molecule has 0 radical (unpaired) electrons. The molecule has 4 heteroatoms. The van der Waals surface area contributed by atoms with Crippen LogP contribution in [0.1, 0.15) is 22.3 Å². The third-order valence-corrected chi connectivity index (χ3v) is 4.48. The van der Waals surface area contributed by atoms with E-state index in [9.17, 15) is 0 Å². The molecule has 0 saturated carbocycles. The van der Waals surface area contributed by atoms with E-state index in [0.717, 1.165) is 30.3 Å². The first-order valence-corrected chi connectivity index (χ1v) is 9.13. The lowest BCUT2D eigenvalue weighted by molar-refractivity contribution is 0.174. The highest BCUT2D eigenvalue weighted by Crippen LogP contribution is 2.32. The van der Waals surface area contributed by atoms with E-state index in [1.165, 1.54) is 22.3 Å². The molecule has 0 saturated heterocycles. The summed E-state index contributed by atoms with van der Waals surface area (Å²) in [5, 5.41) is 3.47. The predicted molar refractivity (Wildman–Crippen MR) is 105 cm³/mol. The van der Waals surface area contributed by atoms with Crippen LogP contribution in [0.25, 0.3) is 0 Å². The van der Waals surface area contributed by atoms with Crippen molar-refractivity contribution in [2.75, 3.05) is 6.79 Å². The molecule has 3 aromatic carbocycles. The Hall–Kier alpha value is -2.98. The van der Waals surface area contributed by atoms with Crippen LogP contribution in [0.5, 0.6) is 17.2 Å². The summed E-state index contributed by atoms with van der Waals surface area (Å²) < 4.78 is 16.7. The van der Waals surface area contributed by atoms with Crippen LogP contribution in [-0.2, 0) is 19.7 Å². The van der Waals surface area contributed by atoms with E-state index < -0.39 is 0 Å². The molecule has 4 rings (SSSR count). The highest BCUT2D eigenvalue weighted by Gasteiger charge is 2.12. The number of nitrogens with one attached hydrogen (secondary N) is 1. The number of hydrogen-bond acceptors (Lipinski definition) is 4. The summed E-state index contributed by atoms with van der Waals surface area (Å²) in [6.45, 7) is 4.52. The number of hydrogen-bond donors (Lipinski definition) is 1. The molecule has 1 aliphatic heterocycles. The Labute approximate surface area is 159 Å². The van der Waals surface area contributed by atoms with E-state index in [1.54, 1.807) is 0 Å². The summed E-state index contributed by atoms with van der Waals surface area (Å²) in [5.41, 5.74) is 4.79. The first-order chi connectivity index (χ1) is 13.3. The minimum Gasteiger partial charge on any atom is -0.489 e. The number of aryl methyl sites for hydroxylation is 1. The lowest BCUT2D eigenvalue weighted by Crippen LogP contribution is -2.12. The molecule has 138 valence electrons. The van der Waals surface area contributed by atoms with Gasteiger partial charge in [0.2, 0.25) is 6.79 Å². The SMILES string of the molecule is Cc1cccc(COc2cccc(CNCc3ccc4c(c3)OCO4)c2)c1. The van der Waals surface area contributed by atoms with Gasteiger partial charge in [0.25, 0.3) is 0 Å². The second kappa shape index (κ2) is 8.14. The van der Waals surface area contributed by atoms with Crippen molar-refractivity contribution in [3.63, 3.8) is 0 Å². The Morgan fingerprint density at radius 3 is 2.48 bits per heavy atom. The van der Waals surface area contributed by atoms with Gasteiger partial charge in [-0.3, -0.25) is 0 Å². The fourth-order valence-electron chi connectivity index (χ4n) is 3.12. The largest absolute Gasteiger partial charge is 0.489 e. The van der Waals surface area contributed by atoms with Crippen LogP contribution < -0.4 is 19.5 Å². The van der Waals surface area contributed by atoms with E-state index in [1.807, 2.05) is 24.3 Å². The Morgan fingerprint density at radius 1 is 0.815 bits per heavy atom. The molecule has 1 heterocycles. The summed E-state index contributed by atoms with van der Waals surface area (Å²) in [6, 6.07) is 22.6. The van der Waals surface area contributed by atoms with Crippen LogP contribution in [0.15, 0.2) is 66.7 Å². The van der Waals surface area contributed by atoms with E-state index in [2.05, 4.69) is 54.7 Å². The Kier molecular flexibility index (Phi) is 5.26. The zero-order valence-corrected chi connectivity index (χ0v) is 15.4. The molecule has 1 N–H and O–H groups in total. The Balaban J connectivity index is 1.30. The maximum atomic E-state index is 5.94. The second-order valence-electron chi connectivity index (χ2n) is 6.72. The van der Waals surface area contributed by atoms with Crippen molar-refractivity contribution in [3.8, 4) is 17.2 Å². The maximum Gasteiger partial charge on any atom is 0.231 e. The fraction of sp³-hybridized carbons (Fsp3) is 0.217. The van der Waals surface area contributed by atoms with Crippen molar-refractivity contribution >= 4 is 0 Å². The average Bonchev–Trinajstić information content (AvgIpc) is 3.15. The summed E-state index contributed by atoms with van der Waals surface area (Å²) >= 11 is 0. The number of rotatable bonds is 7. The molecule has 0 unspecified atom stereocenters. The summed E-state index contributed by atoms with van der Waals surface area (Å²) in [6.07, 6.45) is 0.